The second-order valence-electron chi connectivity index (χ2n) is 4.43. The van der Waals surface area contributed by atoms with Crippen molar-refractivity contribution in [2.75, 3.05) is 0 Å². The predicted octanol–water partition coefficient (Wildman–Crippen LogP) is 1.85. The molecule has 0 amide bonds. The highest BCUT2D eigenvalue weighted by atomic mass is 16.4. The Kier molecular flexibility index (Phi) is 3.23. The van der Waals surface area contributed by atoms with Crippen molar-refractivity contribution in [3.8, 4) is 16.9 Å². The van der Waals surface area contributed by atoms with Crippen LogP contribution in [-0.2, 0) is 6.54 Å². The zero-order valence-electron chi connectivity index (χ0n) is 11.3. The molecule has 0 unspecified atom stereocenters. The van der Waals surface area contributed by atoms with Crippen LogP contribution in [0.3, 0.4) is 0 Å². The van der Waals surface area contributed by atoms with Crippen LogP contribution < -0.4 is 0 Å². The molecule has 0 bridgehead atoms. The molecule has 0 spiro atoms. The van der Waals surface area contributed by atoms with E-state index in [9.17, 15) is 9.90 Å². The Morgan fingerprint density at radius 1 is 1.29 bits per heavy atom. The maximum atomic E-state index is 11.4. The SMILES string of the molecule is CCn1cc(-c2nn(-c3ccncc3)cc2C(=O)O)cn1. The number of aromatic carboxylic acids is 1. The fraction of sp³-hybridized carbons (Fsp3) is 0.143. The average molecular weight is 283 g/mol. The number of nitrogens with zero attached hydrogens (tertiary/aromatic N) is 5. The summed E-state index contributed by atoms with van der Waals surface area (Å²) in [7, 11) is 0. The monoisotopic (exact) mass is 283 g/mol. The number of carbonyl (C=O) groups is 1. The van der Waals surface area contributed by atoms with Gasteiger partial charge in [0, 0.05) is 36.9 Å². The molecule has 0 saturated carbocycles. The first-order chi connectivity index (χ1) is 10.2. The average Bonchev–Trinajstić information content (AvgIpc) is 3.14. The van der Waals surface area contributed by atoms with Gasteiger partial charge in [-0.15, -0.1) is 0 Å². The Morgan fingerprint density at radius 2 is 2.05 bits per heavy atom. The zero-order chi connectivity index (χ0) is 14.8. The molecule has 0 aromatic carbocycles. The molecular formula is C14H13N5O2. The second-order valence-corrected chi connectivity index (χ2v) is 4.43. The van der Waals surface area contributed by atoms with E-state index in [0.29, 0.717) is 17.8 Å². The summed E-state index contributed by atoms with van der Waals surface area (Å²) in [4.78, 5) is 15.4. The third kappa shape index (κ3) is 2.40. The van der Waals surface area contributed by atoms with Crippen LogP contribution in [0.4, 0.5) is 0 Å². The minimum atomic E-state index is -1.02. The number of hydrogen-bond donors (Lipinski definition) is 1. The van der Waals surface area contributed by atoms with Gasteiger partial charge in [0.15, 0.2) is 0 Å². The molecule has 3 aromatic heterocycles. The van der Waals surface area contributed by atoms with Gasteiger partial charge in [0.25, 0.3) is 0 Å². The van der Waals surface area contributed by atoms with E-state index in [1.807, 2.05) is 6.92 Å². The molecular weight excluding hydrogens is 270 g/mol. The number of rotatable bonds is 4. The predicted molar refractivity (Wildman–Crippen MR) is 75.2 cm³/mol. The fourth-order valence-corrected chi connectivity index (χ4v) is 2.03. The van der Waals surface area contributed by atoms with Gasteiger partial charge in [-0.05, 0) is 19.1 Å². The highest BCUT2D eigenvalue weighted by molar-refractivity contribution is 5.94. The van der Waals surface area contributed by atoms with Gasteiger partial charge >= 0.3 is 5.97 Å². The van der Waals surface area contributed by atoms with Crippen molar-refractivity contribution in [2.45, 2.75) is 13.5 Å². The van der Waals surface area contributed by atoms with Crippen molar-refractivity contribution < 1.29 is 9.90 Å². The third-order valence-electron chi connectivity index (χ3n) is 3.10. The molecule has 0 radical (unpaired) electrons. The lowest BCUT2D eigenvalue weighted by Gasteiger charge is -1.98. The minimum absolute atomic E-state index is 0.141. The van der Waals surface area contributed by atoms with Crippen LogP contribution in [0.2, 0.25) is 0 Å². The van der Waals surface area contributed by atoms with E-state index in [0.717, 1.165) is 5.69 Å². The van der Waals surface area contributed by atoms with E-state index < -0.39 is 5.97 Å². The Hall–Kier alpha value is -2.96. The first-order valence-corrected chi connectivity index (χ1v) is 6.45. The largest absolute Gasteiger partial charge is 0.478 e. The lowest BCUT2D eigenvalue weighted by Crippen LogP contribution is -1.96. The summed E-state index contributed by atoms with van der Waals surface area (Å²) in [6.07, 6.45) is 8.16. The van der Waals surface area contributed by atoms with Crippen molar-refractivity contribution in [1.82, 2.24) is 24.5 Å². The zero-order valence-corrected chi connectivity index (χ0v) is 11.3. The smallest absolute Gasteiger partial charge is 0.339 e. The molecule has 3 rings (SSSR count). The standard InChI is InChI=1S/C14H13N5O2/c1-2-18-8-10(7-16-18)13-12(14(20)21)9-19(17-13)11-3-5-15-6-4-11/h3-9H,2H2,1H3,(H,20,21). The normalized spacial score (nSPS) is 10.7. The van der Waals surface area contributed by atoms with E-state index in [2.05, 4.69) is 15.2 Å². The Morgan fingerprint density at radius 3 is 2.67 bits per heavy atom. The highest BCUT2D eigenvalue weighted by Gasteiger charge is 2.18. The van der Waals surface area contributed by atoms with Crippen LogP contribution in [-0.4, -0.2) is 35.6 Å². The van der Waals surface area contributed by atoms with Gasteiger partial charge in [-0.25, -0.2) is 9.48 Å². The highest BCUT2D eigenvalue weighted by Crippen LogP contribution is 2.23. The van der Waals surface area contributed by atoms with Crippen molar-refractivity contribution in [3.63, 3.8) is 0 Å². The summed E-state index contributed by atoms with van der Waals surface area (Å²) in [5.41, 5.74) is 1.98. The van der Waals surface area contributed by atoms with Crippen molar-refractivity contribution >= 4 is 5.97 Å². The Bertz CT molecular complexity index is 776. The van der Waals surface area contributed by atoms with E-state index >= 15 is 0 Å². The van der Waals surface area contributed by atoms with Crippen LogP contribution in [0.5, 0.6) is 0 Å². The number of aromatic nitrogens is 5. The molecule has 7 heteroatoms. The maximum Gasteiger partial charge on any atom is 0.339 e. The molecule has 1 N–H and O–H groups in total. The summed E-state index contributed by atoms with van der Waals surface area (Å²) in [6.45, 7) is 2.68. The Balaban J connectivity index is 2.11. The molecule has 0 aliphatic rings. The molecule has 7 nitrogen and oxygen atoms in total. The van der Waals surface area contributed by atoms with E-state index in [1.165, 1.54) is 10.9 Å². The lowest BCUT2D eigenvalue weighted by molar-refractivity contribution is 0.0697. The molecule has 0 saturated heterocycles. The first-order valence-electron chi connectivity index (χ1n) is 6.45. The van der Waals surface area contributed by atoms with Crippen LogP contribution in [0.25, 0.3) is 16.9 Å². The van der Waals surface area contributed by atoms with Crippen molar-refractivity contribution in [1.29, 1.82) is 0 Å². The van der Waals surface area contributed by atoms with Gasteiger partial charge in [-0.2, -0.15) is 10.2 Å². The summed E-state index contributed by atoms with van der Waals surface area (Å²) in [5, 5.41) is 17.9. The molecule has 0 aliphatic carbocycles. The lowest BCUT2D eigenvalue weighted by atomic mass is 10.1. The van der Waals surface area contributed by atoms with Gasteiger partial charge in [0.2, 0.25) is 0 Å². The summed E-state index contributed by atoms with van der Waals surface area (Å²) < 4.78 is 3.26. The summed E-state index contributed by atoms with van der Waals surface area (Å²) >= 11 is 0. The van der Waals surface area contributed by atoms with Gasteiger partial charge in [0.1, 0.15) is 11.3 Å². The number of pyridine rings is 1. The molecule has 106 valence electrons. The summed E-state index contributed by atoms with van der Waals surface area (Å²) in [6, 6.07) is 3.52. The number of carboxylic acids is 1. The number of aryl methyl sites for hydroxylation is 1. The van der Waals surface area contributed by atoms with Gasteiger partial charge in [-0.1, -0.05) is 0 Å². The topological polar surface area (TPSA) is 85.8 Å². The quantitative estimate of drug-likeness (QED) is 0.789. The first kappa shape index (κ1) is 13.0. The number of carboxylic acid groups (broad SMARTS) is 1. The molecule has 3 aromatic rings. The minimum Gasteiger partial charge on any atom is -0.478 e. The third-order valence-corrected chi connectivity index (χ3v) is 3.10. The maximum absolute atomic E-state index is 11.4. The van der Waals surface area contributed by atoms with Gasteiger partial charge in [0.05, 0.1) is 11.9 Å². The molecule has 0 aliphatic heterocycles. The van der Waals surface area contributed by atoms with Crippen LogP contribution >= 0.6 is 0 Å². The van der Waals surface area contributed by atoms with E-state index in [4.69, 9.17) is 0 Å². The van der Waals surface area contributed by atoms with E-state index in [1.54, 1.807) is 41.6 Å². The van der Waals surface area contributed by atoms with Crippen LogP contribution in [0.15, 0.2) is 43.1 Å². The van der Waals surface area contributed by atoms with Gasteiger partial charge < -0.3 is 5.11 Å². The van der Waals surface area contributed by atoms with E-state index in [-0.39, 0.29) is 5.56 Å². The molecule has 0 atom stereocenters. The molecule has 21 heavy (non-hydrogen) atoms. The molecule has 0 fully saturated rings. The van der Waals surface area contributed by atoms with Crippen molar-refractivity contribution in [3.05, 3.63) is 48.7 Å². The van der Waals surface area contributed by atoms with Gasteiger partial charge in [-0.3, -0.25) is 9.67 Å². The van der Waals surface area contributed by atoms with Crippen LogP contribution in [0.1, 0.15) is 17.3 Å². The molecule has 3 heterocycles. The fourth-order valence-electron chi connectivity index (χ4n) is 2.03. The Labute approximate surface area is 120 Å². The second kappa shape index (κ2) is 5.20. The van der Waals surface area contributed by atoms with Crippen LogP contribution in [0, 0.1) is 0 Å². The number of hydrogen-bond acceptors (Lipinski definition) is 4. The van der Waals surface area contributed by atoms with Crippen molar-refractivity contribution in [2.24, 2.45) is 0 Å². The summed E-state index contributed by atoms with van der Waals surface area (Å²) in [5.74, 6) is -1.02.